The van der Waals surface area contributed by atoms with Gasteiger partial charge in [0.25, 0.3) is 0 Å². The Morgan fingerprint density at radius 3 is 1.47 bits per heavy atom. The van der Waals surface area contributed by atoms with Gasteiger partial charge < -0.3 is 35.3 Å². The van der Waals surface area contributed by atoms with Crippen molar-refractivity contribution in [2.45, 2.75) is 39.1 Å². The summed E-state index contributed by atoms with van der Waals surface area (Å²) in [7, 11) is 0. The topological polar surface area (TPSA) is 185 Å². The molecule has 5 aromatic rings. The fourth-order valence-electron chi connectivity index (χ4n) is 5.32. The molecule has 0 radical (unpaired) electrons. The van der Waals surface area contributed by atoms with Crippen LogP contribution in [-0.4, -0.2) is 53.2 Å². The number of nitrogens with zero attached hydrogens (tertiary/aromatic N) is 1. The number of carbonyl (C=O) groups excluding carboxylic acids is 4. The van der Waals surface area contributed by atoms with Gasteiger partial charge in [0, 0.05) is 46.5 Å². The molecule has 4 N–H and O–H groups in total. The van der Waals surface area contributed by atoms with Crippen LogP contribution in [0, 0.1) is 22.7 Å². The number of Topliss-reactive ketones (excluding diaryl/α,β-unsaturated/α-hetero) is 2. The maximum atomic E-state index is 13.4. The Morgan fingerprint density at radius 1 is 0.642 bits per heavy atom. The van der Waals surface area contributed by atoms with Gasteiger partial charge in [-0.05, 0) is 23.3 Å². The van der Waals surface area contributed by atoms with Gasteiger partial charge in [-0.1, -0.05) is 111 Å². The summed E-state index contributed by atoms with van der Waals surface area (Å²) in [5.41, 5.74) is 3.49. The van der Waals surface area contributed by atoms with Gasteiger partial charge in [0.2, 0.25) is 5.89 Å². The van der Waals surface area contributed by atoms with Crippen LogP contribution in [0.4, 0.5) is 9.59 Å². The Hall–Kier alpha value is -6.69. The van der Waals surface area contributed by atoms with E-state index in [1.54, 1.807) is 68.6 Å². The average molecular weight is 714 g/mol. The van der Waals surface area contributed by atoms with E-state index in [0.29, 0.717) is 33.9 Å². The fourth-order valence-corrected chi connectivity index (χ4v) is 5.32. The molecule has 0 aliphatic rings. The lowest BCUT2D eigenvalue weighted by molar-refractivity contribution is 0.0897. The maximum Gasteiger partial charge on any atom is 0.408 e. The molecule has 0 aliphatic heterocycles. The predicted molar refractivity (Wildman–Crippen MR) is 199 cm³/mol. The summed E-state index contributed by atoms with van der Waals surface area (Å²) in [4.78, 5) is 56.3. The number of nitrogens with one attached hydrogen (secondary N) is 4. The lowest BCUT2D eigenvalue weighted by Gasteiger charge is -2.21. The van der Waals surface area contributed by atoms with Crippen molar-refractivity contribution in [3.8, 4) is 22.8 Å². The second-order valence-electron chi connectivity index (χ2n) is 12.3. The van der Waals surface area contributed by atoms with Crippen molar-refractivity contribution >= 4 is 36.2 Å². The van der Waals surface area contributed by atoms with Crippen LogP contribution in [0.25, 0.3) is 22.8 Å². The summed E-state index contributed by atoms with van der Waals surface area (Å²) < 4.78 is 16.6. The first-order chi connectivity index (χ1) is 25.7. The Morgan fingerprint density at radius 2 is 1.06 bits per heavy atom. The zero-order valence-electron chi connectivity index (χ0n) is 29.2. The van der Waals surface area contributed by atoms with Gasteiger partial charge in [-0.3, -0.25) is 9.59 Å². The van der Waals surface area contributed by atoms with Crippen LogP contribution in [-0.2, 0) is 22.7 Å². The number of hydrogen-bond acceptors (Lipinski definition) is 10. The number of amides is 2. The van der Waals surface area contributed by atoms with E-state index in [1.807, 2.05) is 60.7 Å². The first kappa shape index (κ1) is 37.6. The van der Waals surface area contributed by atoms with Gasteiger partial charge in [-0.25, -0.2) is 14.6 Å². The van der Waals surface area contributed by atoms with Crippen LogP contribution in [0.2, 0.25) is 0 Å². The first-order valence-corrected chi connectivity index (χ1v) is 16.9. The largest absolute Gasteiger partial charge is 0.445 e. The van der Waals surface area contributed by atoms with Gasteiger partial charge in [-0.2, -0.15) is 0 Å². The van der Waals surface area contributed by atoms with E-state index in [2.05, 4.69) is 15.6 Å². The van der Waals surface area contributed by atoms with Crippen molar-refractivity contribution in [3.63, 3.8) is 0 Å². The van der Waals surface area contributed by atoms with E-state index >= 15 is 0 Å². The van der Waals surface area contributed by atoms with Gasteiger partial charge in [0.1, 0.15) is 25.3 Å². The SMILES string of the molecule is CC(C=N)[C@@H](NC(=O)OCc1ccccc1)C(=O)c1ccc(-c2cnc(-c3ccc(C(=O)[C@H](NC(=O)OCc4ccccc4)C(C)C=N)cc3)o2)cc1. The number of hydrogen-bond donors (Lipinski definition) is 4. The standard InChI is InChI=1S/C41H39N5O7/c1-26(21-42)35(45-40(49)51-24-28-9-5-3-6-10-28)37(47)31-15-13-30(14-16-31)34-23-44-39(53-34)33-19-17-32(18-20-33)38(48)36(27(2)22-43)46-41(50)52-25-29-11-7-4-8-12-29/h3-23,26-27,35-36,42-43H,24-25H2,1-2H3,(H,45,49)(H,46,50)/t26?,27?,35-,36-/m1/s1. The van der Waals surface area contributed by atoms with Gasteiger partial charge in [0.15, 0.2) is 17.3 Å². The predicted octanol–water partition coefficient (Wildman–Crippen LogP) is 7.54. The van der Waals surface area contributed by atoms with Crippen LogP contribution in [0.3, 0.4) is 0 Å². The number of carbonyl (C=O) groups is 4. The second-order valence-corrected chi connectivity index (χ2v) is 12.3. The molecule has 1 heterocycles. The lowest BCUT2D eigenvalue weighted by Crippen LogP contribution is -2.45. The normalized spacial score (nSPS) is 13.0. The Balaban J connectivity index is 1.21. The minimum atomic E-state index is -1.02. The van der Waals surface area contributed by atoms with Crippen molar-refractivity contribution in [1.29, 1.82) is 10.8 Å². The molecule has 53 heavy (non-hydrogen) atoms. The van der Waals surface area contributed by atoms with E-state index in [9.17, 15) is 19.2 Å². The molecule has 4 aromatic carbocycles. The molecule has 5 rings (SSSR count). The molecule has 0 saturated carbocycles. The summed E-state index contributed by atoms with van der Waals surface area (Å²) >= 11 is 0. The average Bonchev–Trinajstić information content (AvgIpc) is 3.71. The van der Waals surface area contributed by atoms with E-state index in [0.717, 1.165) is 23.6 Å². The van der Waals surface area contributed by atoms with E-state index < -0.39 is 36.1 Å². The maximum absolute atomic E-state index is 13.4. The molecular formula is C41H39N5O7. The Kier molecular flexibility index (Phi) is 12.8. The highest BCUT2D eigenvalue weighted by Gasteiger charge is 2.29. The highest BCUT2D eigenvalue weighted by atomic mass is 16.6. The number of aromatic nitrogens is 1. The van der Waals surface area contributed by atoms with Crippen LogP contribution >= 0.6 is 0 Å². The number of rotatable bonds is 16. The monoisotopic (exact) mass is 713 g/mol. The lowest BCUT2D eigenvalue weighted by atomic mass is 9.94. The first-order valence-electron chi connectivity index (χ1n) is 16.9. The molecule has 0 spiro atoms. The number of benzene rings is 4. The number of oxazole rings is 1. The van der Waals surface area contributed by atoms with Crippen LogP contribution in [0.1, 0.15) is 45.7 Å². The Bertz CT molecular complexity index is 1890. The summed E-state index contributed by atoms with van der Waals surface area (Å²) in [5.74, 6) is -1.22. The molecule has 12 heteroatoms. The minimum Gasteiger partial charge on any atom is -0.445 e. The zero-order chi connectivity index (χ0) is 37.7. The van der Waals surface area contributed by atoms with Crippen molar-refractivity contribution < 1.29 is 33.1 Å². The van der Waals surface area contributed by atoms with Crippen molar-refractivity contribution in [2.24, 2.45) is 11.8 Å². The van der Waals surface area contributed by atoms with Crippen molar-refractivity contribution in [3.05, 3.63) is 138 Å². The minimum absolute atomic E-state index is 0.0400. The fraction of sp³-hybridized carbons (Fsp3) is 0.195. The summed E-state index contributed by atoms with van der Waals surface area (Å²) in [6, 6.07) is 29.4. The molecule has 1 aromatic heterocycles. The molecule has 0 bridgehead atoms. The van der Waals surface area contributed by atoms with Crippen LogP contribution < -0.4 is 10.6 Å². The summed E-state index contributed by atoms with van der Waals surface area (Å²) in [5, 5.41) is 20.6. The molecular weight excluding hydrogens is 674 g/mol. The highest BCUT2D eigenvalue weighted by molar-refractivity contribution is 6.04. The van der Waals surface area contributed by atoms with Gasteiger partial charge in [0.05, 0.1) is 6.20 Å². The number of ether oxygens (including phenoxy) is 2. The number of ketones is 2. The number of alkyl carbamates (subject to hydrolysis) is 2. The molecule has 0 saturated heterocycles. The van der Waals surface area contributed by atoms with Crippen molar-refractivity contribution in [2.75, 3.05) is 0 Å². The molecule has 2 unspecified atom stereocenters. The molecule has 2 amide bonds. The second kappa shape index (κ2) is 18.0. The zero-order valence-corrected chi connectivity index (χ0v) is 29.2. The third kappa shape index (κ3) is 9.97. The molecule has 0 aliphatic carbocycles. The summed E-state index contributed by atoms with van der Waals surface area (Å²) in [6.07, 6.45) is 2.21. The van der Waals surface area contributed by atoms with Crippen LogP contribution in [0.15, 0.2) is 120 Å². The molecule has 270 valence electrons. The quantitative estimate of drug-likeness (QED) is 0.0597. The van der Waals surface area contributed by atoms with Gasteiger partial charge >= 0.3 is 12.2 Å². The highest BCUT2D eigenvalue weighted by Crippen LogP contribution is 2.27. The third-order valence-electron chi connectivity index (χ3n) is 8.49. The molecule has 12 nitrogen and oxygen atoms in total. The van der Waals surface area contributed by atoms with Crippen molar-refractivity contribution in [1.82, 2.24) is 15.6 Å². The van der Waals surface area contributed by atoms with Gasteiger partial charge in [-0.15, -0.1) is 0 Å². The molecule has 0 fully saturated rings. The molecule has 4 atom stereocenters. The van der Waals surface area contributed by atoms with E-state index in [-0.39, 0.29) is 24.8 Å². The Labute approximate surface area is 306 Å². The smallest absolute Gasteiger partial charge is 0.408 e. The van der Waals surface area contributed by atoms with Crippen LogP contribution in [0.5, 0.6) is 0 Å². The van der Waals surface area contributed by atoms with E-state index in [4.69, 9.17) is 24.7 Å². The van der Waals surface area contributed by atoms with E-state index in [1.165, 1.54) is 0 Å². The third-order valence-corrected chi connectivity index (χ3v) is 8.49. The summed E-state index contributed by atoms with van der Waals surface area (Å²) in [6.45, 7) is 3.40.